The number of nitrogens with zero attached hydrogens (tertiary/aromatic N) is 2. The molecule has 0 aromatic carbocycles. The van der Waals surface area contributed by atoms with Gasteiger partial charge in [0.2, 0.25) is 0 Å². The van der Waals surface area contributed by atoms with Crippen LogP contribution in [-0.4, -0.2) is 41.9 Å². The highest BCUT2D eigenvalue weighted by Crippen LogP contribution is 2.27. The van der Waals surface area contributed by atoms with Gasteiger partial charge >= 0.3 is 11.0 Å². The molecule has 1 aliphatic rings. The van der Waals surface area contributed by atoms with Gasteiger partial charge in [-0.2, -0.15) is 0 Å². The summed E-state index contributed by atoms with van der Waals surface area (Å²) in [6.07, 6.45) is 1.42. The lowest BCUT2D eigenvalue weighted by molar-refractivity contribution is -0.380. The number of hydrogen-bond donors (Lipinski definition) is 0. The first-order chi connectivity index (χ1) is 9.52. The van der Waals surface area contributed by atoms with Crippen molar-refractivity contribution in [3.8, 4) is 0 Å². The van der Waals surface area contributed by atoms with Gasteiger partial charge in [-0.15, -0.1) is 0 Å². The van der Waals surface area contributed by atoms with Crippen LogP contribution < -0.4 is 0 Å². The van der Waals surface area contributed by atoms with E-state index in [2.05, 4.69) is 0 Å². The Hall–Kier alpha value is -1.96. The quantitative estimate of drug-likeness (QED) is 0.481. The molecule has 1 aromatic rings. The summed E-state index contributed by atoms with van der Waals surface area (Å²) in [5.74, 6) is -0.899. The molecule has 1 unspecified atom stereocenters. The van der Waals surface area contributed by atoms with E-state index in [-0.39, 0.29) is 22.8 Å². The highest BCUT2D eigenvalue weighted by atomic mass is 32.1. The van der Waals surface area contributed by atoms with Gasteiger partial charge in [-0.25, -0.2) is 0 Å². The number of nitro groups is 1. The standard InChI is InChI=1S/C12H14N2O5S/c1-19-12(16)8-3-2-6-13(7-8)11(15)9-4-5-10(20-9)14(17)18/h4-5,8H,2-3,6-7H2,1H3. The second kappa shape index (κ2) is 6.00. The molecular weight excluding hydrogens is 284 g/mol. The third kappa shape index (κ3) is 2.96. The summed E-state index contributed by atoms with van der Waals surface area (Å²) in [4.78, 5) is 35.8. The van der Waals surface area contributed by atoms with Gasteiger partial charge in [-0.1, -0.05) is 11.3 Å². The lowest BCUT2D eigenvalue weighted by Crippen LogP contribution is -2.42. The maximum absolute atomic E-state index is 12.3. The Morgan fingerprint density at radius 3 is 2.85 bits per heavy atom. The van der Waals surface area contributed by atoms with Crippen molar-refractivity contribution >= 4 is 28.2 Å². The van der Waals surface area contributed by atoms with E-state index in [0.717, 1.165) is 17.8 Å². The predicted octanol–water partition coefficient (Wildman–Crippen LogP) is 1.68. The van der Waals surface area contributed by atoms with Crippen molar-refractivity contribution in [1.82, 2.24) is 4.90 Å². The normalized spacial score (nSPS) is 18.6. The van der Waals surface area contributed by atoms with Gasteiger partial charge in [0, 0.05) is 19.2 Å². The molecule has 0 saturated carbocycles. The van der Waals surface area contributed by atoms with Crippen molar-refractivity contribution in [2.45, 2.75) is 12.8 Å². The second-order valence-corrected chi connectivity index (χ2v) is 5.57. The van der Waals surface area contributed by atoms with Gasteiger partial charge in [-0.05, 0) is 18.9 Å². The first-order valence-corrected chi connectivity index (χ1v) is 6.96. The topological polar surface area (TPSA) is 89.8 Å². The van der Waals surface area contributed by atoms with Crippen molar-refractivity contribution in [1.29, 1.82) is 0 Å². The molecular formula is C12H14N2O5S. The molecule has 0 spiro atoms. The van der Waals surface area contributed by atoms with Gasteiger partial charge in [0.05, 0.1) is 22.8 Å². The number of rotatable bonds is 3. The van der Waals surface area contributed by atoms with E-state index < -0.39 is 4.92 Å². The minimum absolute atomic E-state index is 0.0603. The van der Waals surface area contributed by atoms with Crippen molar-refractivity contribution in [2.75, 3.05) is 20.2 Å². The average Bonchev–Trinajstić information content (AvgIpc) is 2.95. The van der Waals surface area contributed by atoms with Crippen molar-refractivity contribution in [3.05, 3.63) is 27.1 Å². The maximum Gasteiger partial charge on any atom is 0.324 e. The van der Waals surface area contributed by atoms with Crippen LogP contribution >= 0.6 is 11.3 Å². The van der Waals surface area contributed by atoms with Crippen molar-refractivity contribution < 1.29 is 19.2 Å². The zero-order valence-electron chi connectivity index (χ0n) is 10.9. The number of methoxy groups -OCH3 is 1. The van der Waals surface area contributed by atoms with E-state index in [4.69, 9.17) is 4.74 Å². The average molecular weight is 298 g/mol. The predicted molar refractivity (Wildman–Crippen MR) is 71.6 cm³/mol. The third-order valence-corrected chi connectivity index (χ3v) is 4.25. The Kier molecular flexibility index (Phi) is 4.33. The summed E-state index contributed by atoms with van der Waals surface area (Å²) >= 11 is 0.852. The molecule has 0 aliphatic carbocycles. The number of likely N-dealkylation sites (tertiary alicyclic amines) is 1. The van der Waals surface area contributed by atoms with Crippen LogP contribution in [0.15, 0.2) is 12.1 Å². The Balaban J connectivity index is 2.08. The number of piperidine rings is 1. The minimum Gasteiger partial charge on any atom is -0.469 e. The molecule has 1 fully saturated rings. The molecule has 1 aromatic heterocycles. The summed E-state index contributed by atoms with van der Waals surface area (Å²) < 4.78 is 4.70. The van der Waals surface area contributed by atoms with E-state index in [9.17, 15) is 19.7 Å². The summed E-state index contributed by atoms with van der Waals surface area (Å²) in [5, 5.41) is 10.6. The van der Waals surface area contributed by atoms with Gasteiger partial charge in [0.15, 0.2) is 0 Å². The second-order valence-electron chi connectivity index (χ2n) is 4.51. The SMILES string of the molecule is COC(=O)C1CCCN(C(=O)c2ccc([N+](=O)[O-])s2)C1. The van der Waals surface area contributed by atoms with Crippen LogP contribution in [0.5, 0.6) is 0 Å². The van der Waals surface area contributed by atoms with Crippen LogP contribution in [0.25, 0.3) is 0 Å². The molecule has 7 nitrogen and oxygen atoms in total. The number of ether oxygens (including phenoxy) is 1. The van der Waals surface area contributed by atoms with E-state index in [0.29, 0.717) is 24.4 Å². The molecule has 8 heteroatoms. The summed E-state index contributed by atoms with van der Waals surface area (Å²) in [5.41, 5.74) is 0. The van der Waals surface area contributed by atoms with Gasteiger partial charge in [-0.3, -0.25) is 19.7 Å². The molecule has 1 amide bonds. The molecule has 2 rings (SSSR count). The van der Waals surface area contributed by atoms with Gasteiger partial charge in [0.1, 0.15) is 0 Å². The molecule has 20 heavy (non-hydrogen) atoms. The van der Waals surface area contributed by atoms with Crippen LogP contribution in [-0.2, 0) is 9.53 Å². The van der Waals surface area contributed by atoms with E-state index >= 15 is 0 Å². The van der Waals surface area contributed by atoms with Crippen molar-refractivity contribution in [3.63, 3.8) is 0 Å². The fourth-order valence-electron chi connectivity index (χ4n) is 2.22. The van der Waals surface area contributed by atoms with Crippen molar-refractivity contribution in [2.24, 2.45) is 5.92 Å². The smallest absolute Gasteiger partial charge is 0.324 e. The monoisotopic (exact) mass is 298 g/mol. The first kappa shape index (κ1) is 14.4. The van der Waals surface area contributed by atoms with E-state index in [1.54, 1.807) is 4.90 Å². The highest BCUT2D eigenvalue weighted by Gasteiger charge is 2.30. The first-order valence-electron chi connectivity index (χ1n) is 6.14. The molecule has 1 atom stereocenters. The Bertz CT molecular complexity index is 542. The lowest BCUT2D eigenvalue weighted by atomic mass is 9.98. The Morgan fingerprint density at radius 2 is 2.25 bits per heavy atom. The van der Waals surface area contributed by atoms with Crippen LogP contribution in [0.4, 0.5) is 5.00 Å². The highest BCUT2D eigenvalue weighted by molar-refractivity contribution is 7.17. The summed E-state index contributed by atoms with van der Waals surface area (Å²) in [7, 11) is 1.33. The van der Waals surface area contributed by atoms with Crippen LogP contribution in [0, 0.1) is 16.0 Å². The van der Waals surface area contributed by atoms with E-state index in [1.165, 1.54) is 19.2 Å². The zero-order chi connectivity index (χ0) is 14.7. The van der Waals surface area contributed by atoms with Crippen LogP contribution in [0.2, 0.25) is 0 Å². The Labute approximate surface area is 119 Å². The molecule has 108 valence electrons. The summed E-state index contributed by atoms with van der Waals surface area (Å²) in [6, 6.07) is 2.77. The zero-order valence-corrected chi connectivity index (χ0v) is 11.7. The molecule has 1 saturated heterocycles. The largest absolute Gasteiger partial charge is 0.469 e. The maximum atomic E-state index is 12.3. The van der Waals surface area contributed by atoms with Crippen LogP contribution in [0.3, 0.4) is 0 Å². The number of esters is 1. The molecule has 0 bridgehead atoms. The molecule has 0 radical (unpaired) electrons. The summed E-state index contributed by atoms with van der Waals surface area (Å²) in [6.45, 7) is 0.856. The number of carbonyl (C=O) groups is 2. The number of amides is 1. The van der Waals surface area contributed by atoms with Gasteiger partial charge < -0.3 is 9.64 Å². The molecule has 2 heterocycles. The fraction of sp³-hybridized carbons (Fsp3) is 0.500. The molecule has 0 N–H and O–H groups in total. The minimum atomic E-state index is -0.519. The Morgan fingerprint density at radius 1 is 1.50 bits per heavy atom. The van der Waals surface area contributed by atoms with Gasteiger partial charge in [0.25, 0.3) is 5.91 Å². The number of hydrogen-bond acceptors (Lipinski definition) is 6. The lowest BCUT2D eigenvalue weighted by Gasteiger charge is -2.30. The molecule has 1 aliphatic heterocycles. The third-order valence-electron chi connectivity index (χ3n) is 3.23. The number of carbonyl (C=O) groups excluding carboxylic acids is 2. The van der Waals surface area contributed by atoms with Crippen LogP contribution in [0.1, 0.15) is 22.5 Å². The van der Waals surface area contributed by atoms with E-state index in [1.807, 2.05) is 0 Å². The number of thiophene rings is 1. The fourth-order valence-corrected chi connectivity index (χ4v) is 3.01.